The molecule has 0 atom stereocenters. The first-order valence-electron chi connectivity index (χ1n) is 11.4. The molecule has 0 bridgehead atoms. The third-order valence-electron chi connectivity index (χ3n) is 6.53. The molecule has 6 nitrogen and oxygen atoms in total. The van der Waals surface area contributed by atoms with Gasteiger partial charge in [0.15, 0.2) is 0 Å². The number of sulfonamides is 1. The molecule has 32 heavy (non-hydrogen) atoms. The van der Waals surface area contributed by atoms with Gasteiger partial charge in [0, 0.05) is 30.9 Å². The fourth-order valence-electron chi connectivity index (χ4n) is 4.87. The number of ether oxygens (including phenoxy) is 1. The number of aryl methyl sites for hydroxylation is 2. The molecule has 2 heterocycles. The number of carbonyl (C=O) groups excluding carboxylic acids is 1. The van der Waals surface area contributed by atoms with Crippen LogP contribution in [-0.4, -0.2) is 45.4 Å². The normalized spacial score (nSPS) is 17.5. The largest absolute Gasteiger partial charge is 0.495 e. The Balaban J connectivity index is 1.73. The van der Waals surface area contributed by atoms with Gasteiger partial charge < -0.3 is 9.64 Å². The van der Waals surface area contributed by atoms with Crippen molar-refractivity contribution in [3.8, 4) is 5.75 Å². The molecule has 2 aromatic rings. The van der Waals surface area contributed by atoms with Crippen molar-refractivity contribution in [2.45, 2.75) is 57.3 Å². The third-order valence-corrected chi connectivity index (χ3v) is 8.45. The first kappa shape index (κ1) is 22.8. The highest BCUT2D eigenvalue weighted by atomic mass is 32.2. The van der Waals surface area contributed by atoms with Crippen LogP contribution in [0.3, 0.4) is 0 Å². The van der Waals surface area contributed by atoms with E-state index in [2.05, 4.69) is 19.1 Å². The summed E-state index contributed by atoms with van der Waals surface area (Å²) in [4.78, 5) is 15.4. The summed E-state index contributed by atoms with van der Waals surface area (Å²) in [6.45, 7) is 5.74. The zero-order chi connectivity index (χ0) is 22.9. The molecule has 0 N–H and O–H groups in total. The summed E-state index contributed by atoms with van der Waals surface area (Å²) in [6.07, 6.45) is 5.61. The molecular formula is C25H32N2O4S. The molecule has 172 valence electrons. The number of hydrogen-bond acceptors (Lipinski definition) is 4. The molecule has 1 fully saturated rings. The first-order chi connectivity index (χ1) is 15.3. The second kappa shape index (κ2) is 9.24. The lowest BCUT2D eigenvalue weighted by atomic mass is 9.94. The van der Waals surface area contributed by atoms with Crippen LogP contribution >= 0.6 is 0 Å². The molecule has 0 aliphatic carbocycles. The van der Waals surface area contributed by atoms with Crippen molar-refractivity contribution < 1.29 is 17.9 Å². The average molecular weight is 457 g/mol. The Morgan fingerprint density at radius 3 is 2.34 bits per heavy atom. The van der Waals surface area contributed by atoms with E-state index in [4.69, 9.17) is 4.74 Å². The van der Waals surface area contributed by atoms with Crippen LogP contribution in [-0.2, 0) is 16.4 Å². The summed E-state index contributed by atoms with van der Waals surface area (Å²) < 4.78 is 33.9. The minimum atomic E-state index is -3.75. The summed E-state index contributed by atoms with van der Waals surface area (Å²) in [5, 5.41) is 0. The number of amides is 1. The van der Waals surface area contributed by atoms with E-state index < -0.39 is 10.0 Å². The number of fused-ring (bicyclic) bond motifs is 1. The summed E-state index contributed by atoms with van der Waals surface area (Å²) in [6, 6.07) is 8.96. The quantitative estimate of drug-likeness (QED) is 0.681. The summed E-state index contributed by atoms with van der Waals surface area (Å²) in [5.74, 6) is 0.0995. The van der Waals surface area contributed by atoms with Crippen LogP contribution in [0.5, 0.6) is 5.75 Å². The van der Waals surface area contributed by atoms with Gasteiger partial charge in [-0.1, -0.05) is 18.9 Å². The molecular weight excluding hydrogens is 424 g/mol. The van der Waals surface area contributed by atoms with Crippen molar-refractivity contribution >= 4 is 21.6 Å². The van der Waals surface area contributed by atoms with Gasteiger partial charge in [0.25, 0.3) is 5.91 Å². The van der Waals surface area contributed by atoms with Gasteiger partial charge in [0.05, 0.1) is 7.11 Å². The fourth-order valence-corrected chi connectivity index (χ4v) is 6.57. The number of benzene rings is 2. The van der Waals surface area contributed by atoms with Gasteiger partial charge in [-0.3, -0.25) is 4.79 Å². The van der Waals surface area contributed by atoms with Crippen LogP contribution < -0.4 is 9.64 Å². The number of methoxy groups -OCH3 is 1. The molecule has 0 radical (unpaired) electrons. The first-order valence-corrected chi connectivity index (χ1v) is 12.9. The number of carbonyl (C=O) groups is 1. The minimum absolute atomic E-state index is 0.0744. The molecule has 0 unspecified atom stereocenters. The van der Waals surface area contributed by atoms with Crippen LogP contribution in [0.4, 0.5) is 5.69 Å². The lowest BCUT2D eigenvalue weighted by molar-refractivity contribution is 0.0985. The van der Waals surface area contributed by atoms with Gasteiger partial charge in [-0.05, 0) is 80.5 Å². The van der Waals surface area contributed by atoms with Crippen LogP contribution in [0.25, 0.3) is 0 Å². The second-order valence-corrected chi connectivity index (χ2v) is 10.7. The van der Waals surface area contributed by atoms with Crippen molar-refractivity contribution in [1.82, 2.24) is 4.31 Å². The van der Waals surface area contributed by atoms with Crippen molar-refractivity contribution in [2.24, 2.45) is 0 Å². The topological polar surface area (TPSA) is 66.9 Å². The number of rotatable bonds is 4. The van der Waals surface area contributed by atoms with Gasteiger partial charge >= 0.3 is 0 Å². The van der Waals surface area contributed by atoms with Crippen LogP contribution in [0, 0.1) is 13.8 Å². The monoisotopic (exact) mass is 456 g/mol. The molecule has 0 saturated carbocycles. The highest BCUT2D eigenvalue weighted by Crippen LogP contribution is 2.34. The predicted octanol–water partition coefficient (Wildman–Crippen LogP) is 4.47. The maximum Gasteiger partial charge on any atom is 0.258 e. The summed E-state index contributed by atoms with van der Waals surface area (Å²) >= 11 is 0. The zero-order valence-corrected chi connectivity index (χ0v) is 20.0. The molecule has 1 amide bonds. The molecule has 2 aliphatic heterocycles. The van der Waals surface area contributed by atoms with Crippen molar-refractivity contribution in [2.75, 3.05) is 31.6 Å². The second-order valence-electron chi connectivity index (χ2n) is 8.82. The number of nitrogens with zero attached hydrogens (tertiary/aromatic N) is 2. The smallest absolute Gasteiger partial charge is 0.258 e. The Morgan fingerprint density at radius 2 is 1.66 bits per heavy atom. The molecule has 7 heteroatoms. The van der Waals surface area contributed by atoms with E-state index in [1.165, 1.54) is 28.6 Å². The molecule has 2 aliphatic rings. The standard InChI is InChI=1S/C25H32N2O4S/c1-18-15-19(2)21-9-8-14-27(22(21)16-18)25(28)20-10-11-23(31-3)24(17-20)32(29,30)26-12-6-4-5-7-13-26/h10-11,15-17H,4-9,12-14H2,1-3H3. The van der Waals surface area contributed by atoms with Gasteiger partial charge in [-0.15, -0.1) is 0 Å². The van der Waals surface area contributed by atoms with E-state index in [1.54, 1.807) is 17.0 Å². The number of hydrogen-bond donors (Lipinski definition) is 0. The van der Waals surface area contributed by atoms with E-state index in [0.29, 0.717) is 25.2 Å². The lowest BCUT2D eigenvalue weighted by Crippen LogP contribution is -2.36. The summed E-state index contributed by atoms with van der Waals surface area (Å²) in [5.41, 5.74) is 4.80. The zero-order valence-electron chi connectivity index (χ0n) is 19.2. The van der Waals surface area contributed by atoms with E-state index >= 15 is 0 Å². The van der Waals surface area contributed by atoms with Gasteiger partial charge in [-0.2, -0.15) is 4.31 Å². The lowest BCUT2D eigenvalue weighted by Gasteiger charge is -2.31. The number of anilines is 1. The van der Waals surface area contributed by atoms with Crippen LogP contribution in [0.1, 0.15) is 59.2 Å². The maximum absolute atomic E-state index is 13.6. The highest BCUT2D eigenvalue weighted by molar-refractivity contribution is 7.89. The third kappa shape index (κ3) is 4.28. The molecule has 2 aromatic carbocycles. The SMILES string of the molecule is COc1ccc(C(=O)N2CCCc3c(C)cc(C)cc32)cc1S(=O)(=O)N1CCCCCC1. The van der Waals surface area contributed by atoms with Gasteiger partial charge in [0.2, 0.25) is 10.0 Å². The summed E-state index contributed by atoms with van der Waals surface area (Å²) in [7, 11) is -2.29. The van der Waals surface area contributed by atoms with Crippen molar-refractivity contribution in [3.05, 3.63) is 52.6 Å². The Hall–Kier alpha value is -2.38. The van der Waals surface area contributed by atoms with Crippen molar-refractivity contribution in [3.63, 3.8) is 0 Å². The maximum atomic E-state index is 13.6. The van der Waals surface area contributed by atoms with E-state index in [9.17, 15) is 13.2 Å². The van der Waals surface area contributed by atoms with Crippen LogP contribution in [0.2, 0.25) is 0 Å². The van der Waals surface area contributed by atoms with E-state index in [0.717, 1.165) is 49.8 Å². The van der Waals surface area contributed by atoms with Crippen molar-refractivity contribution in [1.29, 1.82) is 0 Å². The molecule has 4 rings (SSSR count). The minimum Gasteiger partial charge on any atom is -0.495 e. The Morgan fingerprint density at radius 1 is 0.938 bits per heavy atom. The Bertz CT molecular complexity index is 1120. The molecule has 0 aromatic heterocycles. The van der Waals surface area contributed by atoms with Gasteiger partial charge in [-0.25, -0.2) is 8.42 Å². The van der Waals surface area contributed by atoms with Crippen LogP contribution in [0.15, 0.2) is 35.2 Å². The highest BCUT2D eigenvalue weighted by Gasteiger charge is 2.31. The Kier molecular flexibility index (Phi) is 6.58. The average Bonchev–Trinajstić information content (AvgIpc) is 3.08. The van der Waals surface area contributed by atoms with E-state index in [-0.39, 0.29) is 16.6 Å². The Labute approximate surface area is 191 Å². The van der Waals surface area contributed by atoms with Gasteiger partial charge in [0.1, 0.15) is 10.6 Å². The fraction of sp³-hybridized carbons (Fsp3) is 0.480. The molecule has 1 saturated heterocycles. The predicted molar refractivity (Wildman–Crippen MR) is 126 cm³/mol. The van der Waals surface area contributed by atoms with E-state index in [1.807, 2.05) is 6.92 Å². The molecule has 0 spiro atoms.